The van der Waals surface area contributed by atoms with Crippen LogP contribution in [0.4, 0.5) is 10.5 Å². The Balaban J connectivity index is 1.67. The molecule has 1 fully saturated rings. The highest BCUT2D eigenvalue weighted by molar-refractivity contribution is 6.10. The molecule has 0 saturated carbocycles. The van der Waals surface area contributed by atoms with Gasteiger partial charge in [-0.15, -0.1) is 0 Å². The number of carbonyl (C=O) groups is 2. The highest BCUT2D eigenvalue weighted by Gasteiger charge is 2.54. The number of aliphatic imine (C=N–C) groups is 1. The van der Waals surface area contributed by atoms with Gasteiger partial charge in [-0.2, -0.15) is 0 Å². The predicted molar refractivity (Wildman–Crippen MR) is 110 cm³/mol. The van der Waals surface area contributed by atoms with Crippen molar-refractivity contribution in [1.29, 1.82) is 0 Å². The van der Waals surface area contributed by atoms with E-state index in [2.05, 4.69) is 36.9 Å². The van der Waals surface area contributed by atoms with Gasteiger partial charge in [-0.3, -0.25) is 14.6 Å². The lowest BCUT2D eigenvalue weighted by Crippen LogP contribution is -2.64. The van der Waals surface area contributed by atoms with Gasteiger partial charge in [0.25, 0.3) is 5.91 Å². The third-order valence-electron chi connectivity index (χ3n) is 5.64. The average Bonchev–Trinajstić information content (AvgIpc) is 3.18. The van der Waals surface area contributed by atoms with Crippen molar-refractivity contribution >= 4 is 23.6 Å². The molecule has 1 aromatic rings. The minimum atomic E-state index is -0.556. The standard InChI is InChI=1S/C21H27N5O3/c1-6-29-10-9-24-19(27)17-18(23(5)21(24)28)22-20-25(17)12-15(4)26(20)16-8-7-13(2)11-14(16)3/h7-8,11-12,17-18H,6,9-10H2,1-5H3. The van der Waals surface area contributed by atoms with Gasteiger partial charge in [0, 0.05) is 25.6 Å². The summed E-state index contributed by atoms with van der Waals surface area (Å²) in [5.74, 6) is 0.451. The van der Waals surface area contributed by atoms with Crippen LogP contribution in [0.3, 0.4) is 0 Å². The van der Waals surface area contributed by atoms with Crippen molar-refractivity contribution in [2.45, 2.75) is 39.9 Å². The van der Waals surface area contributed by atoms with Gasteiger partial charge in [-0.1, -0.05) is 17.7 Å². The lowest BCUT2D eigenvalue weighted by Gasteiger charge is -2.40. The largest absolute Gasteiger partial charge is 0.380 e. The van der Waals surface area contributed by atoms with Gasteiger partial charge in [0.15, 0.2) is 12.2 Å². The van der Waals surface area contributed by atoms with E-state index in [0.29, 0.717) is 19.2 Å². The molecule has 29 heavy (non-hydrogen) atoms. The van der Waals surface area contributed by atoms with Gasteiger partial charge < -0.3 is 14.5 Å². The van der Waals surface area contributed by atoms with Crippen molar-refractivity contribution in [2.24, 2.45) is 4.99 Å². The summed E-state index contributed by atoms with van der Waals surface area (Å²) in [5, 5.41) is 0. The summed E-state index contributed by atoms with van der Waals surface area (Å²) < 4.78 is 5.35. The number of aryl methyl sites for hydroxylation is 2. The van der Waals surface area contributed by atoms with Gasteiger partial charge >= 0.3 is 6.03 Å². The Bertz CT molecular complexity index is 925. The first-order valence-electron chi connectivity index (χ1n) is 9.93. The van der Waals surface area contributed by atoms with E-state index in [4.69, 9.17) is 9.73 Å². The number of anilines is 1. The number of ether oxygens (including phenoxy) is 1. The number of carbonyl (C=O) groups excluding carboxylic acids is 2. The zero-order chi connectivity index (χ0) is 20.9. The van der Waals surface area contributed by atoms with Gasteiger partial charge in [0.1, 0.15) is 0 Å². The van der Waals surface area contributed by atoms with Crippen molar-refractivity contribution in [1.82, 2.24) is 14.7 Å². The van der Waals surface area contributed by atoms with E-state index in [1.807, 2.05) is 24.9 Å². The fourth-order valence-corrected chi connectivity index (χ4v) is 4.21. The molecule has 0 aromatic heterocycles. The van der Waals surface area contributed by atoms with Crippen molar-refractivity contribution in [3.05, 3.63) is 41.2 Å². The summed E-state index contributed by atoms with van der Waals surface area (Å²) in [6, 6.07) is 5.38. The Morgan fingerprint density at radius 2 is 1.93 bits per heavy atom. The molecule has 0 bridgehead atoms. The predicted octanol–water partition coefficient (Wildman–Crippen LogP) is 2.28. The molecule has 3 aliphatic heterocycles. The summed E-state index contributed by atoms with van der Waals surface area (Å²) in [6.07, 6.45) is 1.41. The normalized spacial score (nSPS) is 23.5. The third-order valence-corrected chi connectivity index (χ3v) is 5.64. The molecule has 0 N–H and O–H groups in total. The molecule has 0 spiro atoms. The van der Waals surface area contributed by atoms with E-state index in [0.717, 1.165) is 16.9 Å². The molecular formula is C21H27N5O3. The molecule has 3 aliphatic rings. The summed E-state index contributed by atoms with van der Waals surface area (Å²) in [4.78, 5) is 37.6. The van der Waals surface area contributed by atoms with E-state index in [9.17, 15) is 9.59 Å². The van der Waals surface area contributed by atoms with Gasteiger partial charge in [-0.05, 0) is 39.3 Å². The second kappa shape index (κ2) is 7.18. The molecular weight excluding hydrogens is 370 g/mol. The second-order valence-electron chi connectivity index (χ2n) is 7.67. The Morgan fingerprint density at radius 3 is 2.62 bits per heavy atom. The summed E-state index contributed by atoms with van der Waals surface area (Å²) in [5.41, 5.74) is 4.34. The number of imide groups is 1. The van der Waals surface area contributed by atoms with E-state index in [-0.39, 0.29) is 18.5 Å². The van der Waals surface area contributed by atoms with Crippen LogP contribution < -0.4 is 4.90 Å². The van der Waals surface area contributed by atoms with E-state index < -0.39 is 12.2 Å². The van der Waals surface area contributed by atoms with Crippen molar-refractivity contribution in [3.8, 4) is 0 Å². The molecule has 3 amide bonds. The first-order chi connectivity index (χ1) is 13.8. The smallest absolute Gasteiger partial charge is 0.328 e. The Hall–Kier alpha value is -2.87. The maximum atomic E-state index is 13.2. The van der Waals surface area contributed by atoms with Gasteiger partial charge in [0.2, 0.25) is 5.96 Å². The molecule has 3 heterocycles. The number of allylic oxidation sites excluding steroid dienone is 1. The van der Waals surface area contributed by atoms with Gasteiger partial charge in [-0.25, -0.2) is 9.79 Å². The molecule has 1 saturated heterocycles. The monoisotopic (exact) mass is 397 g/mol. The number of likely N-dealkylation sites (N-methyl/N-ethyl adjacent to an activating group) is 1. The molecule has 154 valence electrons. The minimum absolute atomic E-state index is 0.233. The summed E-state index contributed by atoms with van der Waals surface area (Å²) in [6.45, 7) is 9.14. The van der Waals surface area contributed by atoms with Crippen molar-refractivity contribution < 1.29 is 14.3 Å². The van der Waals surface area contributed by atoms with Crippen LogP contribution >= 0.6 is 0 Å². The van der Waals surface area contributed by atoms with Crippen LogP contribution in [0.1, 0.15) is 25.0 Å². The first-order valence-corrected chi connectivity index (χ1v) is 9.93. The number of benzene rings is 1. The molecule has 2 atom stereocenters. The second-order valence-corrected chi connectivity index (χ2v) is 7.67. The number of nitrogens with zero attached hydrogens (tertiary/aromatic N) is 5. The zero-order valence-corrected chi connectivity index (χ0v) is 17.5. The van der Waals surface area contributed by atoms with E-state index >= 15 is 0 Å². The fraction of sp³-hybridized carbons (Fsp3) is 0.476. The highest BCUT2D eigenvalue weighted by Crippen LogP contribution is 2.37. The molecule has 0 radical (unpaired) electrons. The quantitative estimate of drug-likeness (QED) is 0.713. The molecule has 2 unspecified atom stereocenters. The van der Waals surface area contributed by atoms with Crippen LogP contribution in [-0.4, -0.2) is 71.6 Å². The number of hydrogen-bond acceptors (Lipinski definition) is 6. The summed E-state index contributed by atoms with van der Waals surface area (Å²) >= 11 is 0. The maximum absolute atomic E-state index is 13.2. The third kappa shape index (κ3) is 2.98. The lowest BCUT2D eigenvalue weighted by atomic mass is 10.1. The Kier molecular flexibility index (Phi) is 4.82. The zero-order valence-electron chi connectivity index (χ0n) is 17.5. The number of fused-ring (bicyclic) bond motifs is 3. The fourth-order valence-electron chi connectivity index (χ4n) is 4.21. The van der Waals surface area contributed by atoms with E-state index in [1.54, 1.807) is 11.9 Å². The minimum Gasteiger partial charge on any atom is -0.380 e. The first kappa shape index (κ1) is 19.4. The van der Waals surface area contributed by atoms with Crippen molar-refractivity contribution in [3.63, 3.8) is 0 Å². The number of amides is 3. The van der Waals surface area contributed by atoms with Crippen LogP contribution in [-0.2, 0) is 9.53 Å². The number of rotatable bonds is 5. The Morgan fingerprint density at radius 1 is 1.17 bits per heavy atom. The van der Waals surface area contributed by atoms with Crippen LogP contribution in [0, 0.1) is 13.8 Å². The molecule has 1 aromatic carbocycles. The lowest BCUT2D eigenvalue weighted by molar-refractivity contribution is -0.137. The van der Waals surface area contributed by atoms with Crippen LogP contribution in [0.2, 0.25) is 0 Å². The number of hydrogen-bond donors (Lipinski definition) is 0. The highest BCUT2D eigenvalue weighted by atomic mass is 16.5. The topological polar surface area (TPSA) is 68.7 Å². The summed E-state index contributed by atoms with van der Waals surface area (Å²) in [7, 11) is 1.70. The molecule has 4 rings (SSSR count). The van der Waals surface area contributed by atoms with Crippen LogP contribution in [0.25, 0.3) is 0 Å². The van der Waals surface area contributed by atoms with Crippen LogP contribution in [0.5, 0.6) is 0 Å². The SMILES string of the molecule is CCOCCN1C(=O)C2C(N=C3N(c4ccc(C)cc4C)C(C)=CN32)N(C)C1=O. The maximum Gasteiger partial charge on any atom is 0.328 e. The molecule has 8 nitrogen and oxygen atoms in total. The van der Waals surface area contributed by atoms with Crippen LogP contribution in [0.15, 0.2) is 35.1 Å². The Labute approximate surface area is 171 Å². The van der Waals surface area contributed by atoms with Crippen molar-refractivity contribution in [2.75, 3.05) is 31.7 Å². The molecule has 0 aliphatic carbocycles. The average molecular weight is 397 g/mol. The van der Waals surface area contributed by atoms with Gasteiger partial charge in [0.05, 0.1) is 18.8 Å². The number of urea groups is 1. The number of guanidine groups is 1. The molecule has 8 heteroatoms. The van der Waals surface area contributed by atoms with E-state index in [1.165, 1.54) is 10.5 Å².